The molecule has 0 bridgehead atoms. The van der Waals surface area contributed by atoms with Crippen LogP contribution < -0.4 is 9.47 Å². The van der Waals surface area contributed by atoms with Gasteiger partial charge in [0.15, 0.2) is 0 Å². The summed E-state index contributed by atoms with van der Waals surface area (Å²) in [6.45, 7) is 10.3. The highest BCUT2D eigenvalue weighted by molar-refractivity contribution is 5.71. The molecule has 148 valence electrons. The predicted molar refractivity (Wildman–Crippen MR) is 104 cm³/mol. The molecule has 1 aromatic carbocycles. The van der Waals surface area contributed by atoms with Crippen molar-refractivity contribution in [3.05, 3.63) is 23.3 Å². The Bertz CT molecular complexity index is 753. The van der Waals surface area contributed by atoms with Gasteiger partial charge in [-0.1, -0.05) is 19.8 Å². The topological polar surface area (TPSA) is 48.1 Å². The number of carbonyl (C=O) groups excluding carboxylic acids is 1. The molecule has 2 aliphatic heterocycles. The van der Waals surface area contributed by atoms with Crippen molar-refractivity contribution in [2.75, 3.05) is 0 Å². The SMILES string of the molecule is CCCCCc1cc(OC(C)=O)c2c(c1)OC(C)(C)[C@@H]1CC[C@]3(C)O[C@@H]3[C@@H]21. The Labute approximate surface area is 162 Å². The molecule has 0 amide bonds. The van der Waals surface area contributed by atoms with E-state index in [1.807, 2.05) is 0 Å². The molecule has 0 aromatic heterocycles. The lowest BCUT2D eigenvalue weighted by atomic mass is 9.64. The van der Waals surface area contributed by atoms with E-state index in [1.54, 1.807) is 0 Å². The molecule has 1 aromatic rings. The first-order valence-corrected chi connectivity index (χ1v) is 10.5. The van der Waals surface area contributed by atoms with E-state index in [-0.39, 0.29) is 29.2 Å². The summed E-state index contributed by atoms with van der Waals surface area (Å²) in [5, 5.41) is 0. The van der Waals surface area contributed by atoms with Crippen LogP contribution in [0.1, 0.15) is 83.8 Å². The van der Waals surface area contributed by atoms with Crippen LogP contribution in [0, 0.1) is 5.92 Å². The molecular formula is C23H32O4. The first kappa shape index (κ1) is 18.8. The number of hydrogen-bond donors (Lipinski definition) is 0. The van der Waals surface area contributed by atoms with Gasteiger partial charge in [-0.2, -0.15) is 0 Å². The van der Waals surface area contributed by atoms with Crippen molar-refractivity contribution < 1.29 is 19.0 Å². The predicted octanol–water partition coefficient (Wildman–Crippen LogP) is 5.17. The zero-order chi connectivity index (χ0) is 19.4. The third-order valence-electron chi connectivity index (χ3n) is 6.74. The summed E-state index contributed by atoms with van der Waals surface area (Å²) >= 11 is 0. The fraction of sp³-hybridized carbons (Fsp3) is 0.696. The number of epoxide rings is 1. The molecule has 4 nitrogen and oxygen atoms in total. The van der Waals surface area contributed by atoms with Crippen LogP contribution >= 0.6 is 0 Å². The van der Waals surface area contributed by atoms with E-state index in [4.69, 9.17) is 14.2 Å². The summed E-state index contributed by atoms with van der Waals surface area (Å²) < 4.78 is 18.4. The molecule has 0 unspecified atom stereocenters. The second-order valence-corrected chi connectivity index (χ2v) is 9.28. The number of carbonyl (C=O) groups is 1. The normalized spacial score (nSPS) is 32.6. The molecule has 4 heteroatoms. The molecule has 2 heterocycles. The van der Waals surface area contributed by atoms with Crippen molar-refractivity contribution in [2.45, 2.75) is 96.4 Å². The highest BCUT2D eigenvalue weighted by Crippen LogP contribution is 2.63. The van der Waals surface area contributed by atoms with Crippen LogP contribution in [0.2, 0.25) is 0 Å². The summed E-state index contributed by atoms with van der Waals surface area (Å²) in [5.41, 5.74) is 1.95. The number of aryl methyl sites for hydroxylation is 1. The first-order valence-electron chi connectivity index (χ1n) is 10.5. The smallest absolute Gasteiger partial charge is 0.308 e. The van der Waals surface area contributed by atoms with Gasteiger partial charge >= 0.3 is 5.97 Å². The summed E-state index contributed by atoms with van der Waals surface area (Å²) in [6, 6.07) is 4.23. The second-order valence-electron chi connectivity index (χ2n) is 9.28. The van der Waals surface area contributed by atoms with Gasteiger partial charge in [0, 0.05) is 24.3 Å². The molecule has 0 radical (unpaired) electrons. The summed E-state index contributed by atoms with van der Waals surface area (Å²) in [5.74, 6) is 1.87. The quantitative estimate of drug-likeness (QED) is 0.310. The zero-order valence-electron chi connectivity index (χ0n) is 17.3. The number of fused-ring (bicyclic) bond motifs is 5. The summed E-state index contributed by atoms with van der Waals surface area (Å²) in [6.07, 6.45) is 6.83. The minimum Gasteiger partial charge on any atom is -0.487 e. The van der Waals surface area contributed by atoms with E-state index in [0.29, 0.717) is 11.7 Å². The lowest BCUT2D eigenvalue weighted by Gasteiger charge is -2.47. The molecular weight excluding hydrogens is 340 g/mol. The van der Waals surface area contributed by atoms with Crippen molar-refractivity contribution in [3.63, 3.8) is 0 Å². The van der Waals surface area contributed by atoms with Crippen LogP contribution in [0.4, 0.5) is 0 Å². The molecule has 2 fully saturated rings. The minimum absolute atomic E-state index is 0.0286. The Balaban J connectivity index is 1.78. The van der Waals surface area contributed by atoms with E-state index in [1.165, 1.54) is 25.3 Å². The van der Waals surface area contributed by atoms with Crippen LogP contribution in [-0.4, -0.2) is 23.3 Å². The van der Waals surface area contributed by atoms with Gasteiger partial charge in [0.2, 0.25) is 0 Å². The molecule has 4 atom stereocenters. The summed E-state index contributed by atoms with van der Waals surface area (Å²) in [4.78, 5) is 11.8. The number of unbranched alkanes of at least 4 members (excludes halogenated alkanes) is 2. The molecule has 0 spiro atoms. The van der Waals surface area contributed by atoms with Crippen LogP contribution in [0.3, 0.4) is 0 Å². The van der Waals surface area contributed by atoms with Gasteiger partial charge in [0.05, 0.1) is 11.7 Å². The number of ether oxygens (including phenoxy) is 3. The van der Waals surface area contributed by atoms with E-state index >= 15 is 0 Å². The maximum Gasteiger partial charge on any atom is 0.308 e. The molecule has 4 rings (SSSR count). The van der Waals surface area contributed by atoms with Crippen LogP contribution in [0.25, 0.3) is 0 Å². The van der Waals surface area contributed by atoms with E-state index < -0.39 is 0 Å². The Hall–Kier alpha value is -1.55. The molecule has 3 aliphatic rings. The zero-order valence-corrected chi connectivity index (χ0v) is 17.3. The average molecular weight is 373 g/mol. The lowest BCUT2D eigenvalue weighted by Crippen LogP contribution is -2.49. The Morgan fingerprint density at radius 2 is 2.04 bits per heavy atom. The maximum atomic E-state index is 11.8. The van der Waals surface area contributed by atoms with Gasteiger partial charge in [-0.25, -0.2) is 0 Å². The van der Waals surface area contributed by atoms with Crippen molar-refractivity contribution in [1.82, 2.24) is 0 Å². The number of hydrogen-bond acceptors (Lipinski definition) is 4. The first-order chi connectivity index (χ1) is 12.7. The van der Waals surface area contributed by atoms with Crippen LogP contribution in [-0.2, 0) is 16.0 Å². The van der Waals surface area contributed by atoms with Gasteiger partial charge in [-0.3, -0.25) is 4.79 Å². The number of rotatable bonds is 5. The number of benzene rings is 1. The monoisotopic (exact) mass is 372 g/mol. The van der Waals surface area contributed by atoms with Gasteiger partial charge in [0.25, 0.3) is 0 Å². The van der Waals surface area contributed by atoms with Gasteiger partial charge < -0.3 is 14.2 Å². The fourth-order valence-electron chi connectivity index (χ4n) is 5.27. The van der Waals surface area contributed by atoms with Crippen molar-refractivity contribution in [1.29, 1.82) is 0 Å². The minimum atomic E-state index is -0.278. The van der Waals surface area contributed by atoms with E-state index in [0.717, 1.165) is 37.0 Å². The standard InChI is InChI=1S/C23H32O4/c1-6-7-8-9-15-12-17(25-14(2)24)20-18(13-15)26-22(3,4)16-10-11-23(5)21(27-23)19(16)20/h12-13,16,19,21H,6-11H2,1-5H3/t16-,19-,21-,23+/m1/s1. The molecule has 1 saturated carbocycles. The largest absolute Gasteiger partial charge is 0.487 e. The molecule has 0 N–H and O–H groups in total. The van der Waals surface area contributed by atoms with Crippen molar-refractivity contribution in [3.8, 4) is 11.5 Å². The Morgan fingerprint density at radius 1 is 1.26 bits per heavy atom. The average Bonchev–Trinajstić information content (AvgIpc) is 3.25. The molecule has 27 heavy (non-hydrogen) atoms. The lowest BCUT2D eigenvalue weighted by molar-refractivity contribution is -0.132. The fourth-order valence-corrected chi connectivity index (χ4v) is 5.27. The van der Waals surface area contributed by atoms with Crippen LogP contribution in [0.5, 0.6) is 11.5 Å². The van der Waals surface area contributed by atoms with Gasteiger partial charge in [-0.15, -0.1) is 0 Å². The second kappa shape index (κ2) is 6.51. The Morgan fingerprint density at radius 3 is 2.74 bits per heavy atom. The van der Waals surface area contributed by atoms with Crippen LogP contribution in [0.15, 0.2) is 12.1 Å². The van der Waals surface area contributed by atoms with Gasteiger partial charge in [-0.05, 0) is 64.2 Å². The van der Waals surface area contributed by atoms with E-state index in [2.05, 4.69) is 39.8 Å². The molecule has 1 aliphatic carbocycles. The highest BCUT2D eigenvalue weighted by Gasteiger charge is 2.65. The van der Waals surface area contributed by atoms with Crippen molar-refractivity contribution in [2.24, 2.45) is 5.92 Å². The molecule has 1 saturated heterocycles. The van der Waals surface area contributed by atoms with Gasteiger partial charge in [0.1, 0.15) is 17.1 Å². The summed E-state index contributed by atoms with van der Waals surface area (Å²) in [7, 11) is 0. The third kappa shape index (κ3) is 3.26. The van der Waals surface area contributed by atoms with E-state index in [9.17, 15) is 4.79 Å². The van der Waals surface area contributed by atoms with Crippen molar-refractivity contribution >= 4 is 5.97 Å². The maximum absolute atomic E-state index is 11.8. The Kier molecular flexibility index (Phi) is 4.53. The highest BCUT2D eigenvalue weighted by atomic mass is 16.6. The number of esters is 1. The third-order valence-corrected chi connectivity index (χ3v) is 6.74.